The fraction of sp³-hybridized carbons (Fsp3) is 0.300. The number of hydrogen-bond donors (Lipinski definition) is 3. The van der Waals surface area contributed by atoms with Crippen LogP contribution in [-0.2, 0) is 4.79 Å². The van der Waals surface area contributed by atoms with Gasteiger partial charge in [-0.15, -0.1) is 0 Å². The van der Waals surface area contributed by atoms with E-state index in [9.17, 15) is 15.0 Å². The molecule has 1 aromatic carbocycles. The molecule has 0 aliphatic carbocycles. The molecule has 0 saturated carbocycles. The number of rotatable bonds is 2. The Hall–Kier alpha value is -1.23. The van der Waals surface area contributed by atoms with Crippen molar-refractivity contribution in [1.82, 2.24) is 0 Å². The van der Waals surface area contributed by atoms with E-state index >= 15 is 0 Å². The summed E-state index contributed by atoms with van der Waals surface area (Å²) in [6.07, 6.45) is 0. The van der Waals surface area contributed by atoms with Gasteiger partial charge in [-0.25, -0.2) is 0 Å². The van der Waals surface area contributed by atoms with Gasteiger partial charge < -0.3 is 15.3 Å². The van der Waals surface area contributed by atoms with Crippen LogP contribution >= 0.6 is 15.9 Å². The van der Waals surface area contributed by atoms with Gasteiger partial charge in [-0.3, -0.25) is 4.79 Å². The van der Waals surface area contributed by atoms with Crippen LogP contribution in [0.2, 0.25) is 0 Å². The highest BCUT2D eigenvalue weighted by molar-refractivity contribution is 9.10. The largest absolute Gasteiger partial charge is 0.506 e. The maximum Gasteiger partial charge on any atom is 0.310 e. The lowest BCUT2D eigenvalue weighted by molar-refractivity contribution is -0.138. The topological polar surface area (TPSA) is 77.8 Å². The molecule has 1 rings (SSSR count). The molecule has 0 amide bonds. The molecule has 0 radical (unpaired) electrons. The zero-order valence-corrected chi connectivity index (χ0v) is 9.87. The minimum absolute atomic E-state index is 0.0751. The molecule has 0 heterocycles. The highest BCUT2D eigenvalue weighted by Gasteiger charge is 2.21. The monoisotopic (exact) mass is 274 g/mol. The second-order valence-electron chi connectivity index (χ2n) is 3.35. The van der Waals surface area contributed by atoms with E-state index in [1.165, 1.54) is 13.0 Å². The van der Waals surface area contributed by atoms with Crippen LogP contribution in [0.5, 0.6) is 11.5 Å². The summed E-state index contributed by atoms with van der Waals surface area (Å²) >= 11 is 3.01. The van der Waals surface area contributed by atoms with Gasteiger partial charge in [-0.2, -0.15) is 0 Å². The molecule has 3 N–H and O–H groups in total. The van der Waals surface area contributed by atoms with E-state index in [0.717, 1.165) is 0 Å². The molecule has 0 aliphatic heterocycles. The molecule has 4 nitrogen and oxygen atoms in total. The minimum Gasteiger partial charge on any atom is -0.506 e. The third kappa shape index (κ3) is 2.07. The van der Waals surface area contributed by atoms with Crippen molar-refractivity contribution in [3.63, 3.8) is 0 Å². The van der Waals surface area contributed by atoms with Crippen LogP contribution < -0.4 is 0 Å². The Balaban J connectivity index is 3.38. The van der Waals surface area contributed by atoms with Crippen molar-refractivity contribution in [3.05, 3.63) is 21.7 Å². The van der Waals surface area contributed by atoms with Gasteiger partial charge in [0.15, 0.2) is 0 Å². The molecular formula is C10H11BrO4. The summed E-state index contributed by atoms with van der Waals surface area (Å²) in [7, 11) is 0. The highest BCUT2D eigenvalue weighted by atomic mass is 79.9. The van der Waals surface area contributed by atoms with E-state index in [1.807, 2.05) is 0 Å². The summed E-state index contributed by atoms with van der Waals surface area (Å²) in [4.78, 5) is 10.8. The van der Waals surface area contributed by atoms with Gasteiger partial charge in [0.1, 0.15) is 16.0 Å². The van der Waals surface area contributed by atoms with E-state index in [0.29, 0.717) is 5.56 Å². The molecule has 82 valence electrons. The minimum atomic E-state index is -1.03. The van der Waals surface area contributed by atoms with E-state index in [-0.39, 0.29) is 21.5 Å². The molecule has 1 atom stereocenters. The SMILES string of the molecule is Cc1cc(C(C)C(=O)O)c(O)c(Br)c1O. The van der Waals surface area contributed by atoms with Gasteiger partial charge in [-0.1, -0.05) is 0 Å². The number of carboxylic acid groups (broad SMARTS) is 1. The van der Waals surface area contributed by atoms with Crippen LogP contribution in [0.25, 0.3) is 0 Å². The number of carboxylic acids is 1. The first-order chi connectivity index (χ1) is 6.86. The first-order valence-corrected chi connectivity index (χ1v) is 5.09. The lowest BCUT2D eigenvalue weighted by Crippen LogP contribution is -2.08. The van der Waals surface area contributed by atoms with Gasteiger partial charge in [0.2, 0.25) is 0 Å². The van der Waals surface area contributed by atoms with E-state index < -0.39 is 11.9 Å². The lowest BCUT2D eigenvalue weighted by atomic mass is 9.98. The third-order valence-corrected chi connectivity index (χ3v) is 3.02. The van der Waals surface area contributed by atoms with Gasteiger partial charge in [0.25, 0.3) is 0 Å². The Labute approximate surface area is 95.3 Å². The molecular weight excluding hydrogens is 264 g/mol. The quantitative estimate of drug-likeness (QED) is 0.774. The molecule has 0 saturated heterocycles. The van der Waals surface area contributed by atoms with Crippen LogP contribution in [0.1, 0.15) is 24.0 Å². The lowest BCUT2D eigenvalue weighted by Gasteiger charge is -2.13. The number of phenols is 2. The summed E-state index contributed by atoms with van der Waals surface area (Å²) in [5.74, 6) is -2.15. The number of carbonyl (C=O) groups is 1. The molecule has 0 bridgehead atoms. The first kappa shape index (κ1) is 11.8. The molecule has 0 aromatic heterocycles. The van der Waals surface area contributed by atoms with Gasteiger partial charge in [-0.05, 0) is 41.4 Å². The zero-order chi connectivity index (χ0) is 11.7. The first-order valence-electron chi connectivity index (χ1n) is 4.30. The molecule has 0 fully saturated rings. The number of aromatic hydroxyl groups is 2. The fourth-order valence-electron chi connectivity index (χ4n) is 1.25. The molecule has 15 heavy (non-hydrogen) atoms. The number of benzene rings is 1. The van der Waals surface area contributed by atoms with Gasteiger partial charge in [0, 0.05) is 5.56 Å². The second kappa shape index (κ2) is 4.10. The van der Waals surface area contributed by atoms with Crippen molar-refractivity contribution >= 4 is 21.9 Å². The van der Waals surface area contributed by atoms with Crippen LogP contribution in [-0.4, -0.2) is 21.3 Å². The maximum absolute atomic E-state index is 10.8. The standard InChI is InChI=1S/C10H11BrO4/c1-4-3-6(5(2)10(14)15)9(13)7(11)8(4)12/h3,5,12-13H,1-2H3,(H,14,15). The summed E-state index contributed by atoms with van der Waals surface area (Å²) in [6.45, 7) is 3.11. The predicted molar refractivity (Wildman–Crippen MR) is 58.3 cm³/mol. The van der Waals surface area contributed by atoms with Crippen LogP contribution in [0.3, 0.4) is 0 Å². The van der Waals surface area contributed by atoms with Crippen molar-refractivity contribution in [2.75, 3.05) is 0 Å². The Morgan fingerprint density at radius 2 is 1.93 bits per heavy atom. The summed E-state index contributed by atoms with van der Waals surface area (Å²) in [6, 6.07) is 1.47. The average Bonchev–Trinajstić information content (AvgIpc) is 2.19. The number of aliphatic carboxylic acids is 1. The summed E-state index contributed by atoms with van der Waals surface area (Å²) in [5.41, 5.74) is 0.799. The Morgan fingerprint density at radius 1 is 1.40 bits per heavy atom. The van der Waals surface area contributed by atoms with Crippen molar-refractivity contribution in [1.29, 1.82) is 0 Å². The number of hydrogen-bond acceptors (Lipinski definition) is 3. The van der Waals surface area contributed by atoms with E-state index in [1.54, 1.807) is 6.92 Å². The smallest absolute Gasteiger partial charge is 0.310 e. The normalized spacial score (nSPS) is 12.5. The average molecular weight is 275 g/mol. The Bertz CT molecular complexity index is 414. The second-order valence-corrected chi connectivity index (χ2v) is 4.15. The summed E-state index contributed by atoms with van der Waals surface area (Å²) in [5, 5.41) is 28.0. The van der Waals surface area contributed by atoms with Crippen molar-refractivity contribution in [2.24, 2.45) is 0 Å². The van der Waals surface area contributed by atoms with Crippen molar-refractivity contribution in [2.45, 2.75) is 19.8 Å². The molecule has 0 spiro atoms. The molecule has 1 unspecified atom stereocenters. The Kier molecular flexibility index (Phi) is 3.24. The molecule has 0 aliphatic rings. The third-order valence-electron chi connectivity index (χ3n) is 2.27. The highest BCUT2D eigenvalue weighted by Crippen LogP contribution is 2.41. The fourth-order valence-corrected chi connectivity index (χ4v) is 1.79. The van der Waals surface area contributed by atoms with E-state index in [2.05, 4.69) is 15.9 Å². The number of phenolic OH excluding ortho intramolecular Hbond substituents is 2. The number of aryl methyl sites for hydroxylation is 1. The Morgan fingerprint density at radius 3 is 2.40 bits per heavy atom. The van der Waals surface area contributed by atoms with Gasteiger partial charge >= 0.3 is 5.97 Å². The maximum atomic E-state index is 10.8. The number of halogens is 1. The van der Waals surface area contributed by atoms with Gasteiger partial charge in [0.05, 0.1) is 5.92 Å². The van der Waals surface area contributed by atoms with Crippen molar-refractivity contribution < 1.29 is 20.1 Å². The van der Waals surface area contributed by atoms with E-state index in [4.69, 9.17) is 5.11 Å². The van der Waals surface area contributed by atoms with Crippen LogP contribution in [0.4, 0.5) is 0 Å². The van der Waals surface area contributed by atoms with Crippen LogP contribution in [0, 0.1) is 6.92 Å². The summed E-state index contributed by atoms with van der Waals surface area (Å²) < 4.78 is 0.130. The van der Waals surface area contributed by atoms with Crippen LogP contribution in [0.15, 0.2) is 10.5 Å². The molecule has 5 heteroatoms. The molecule has 1 aromatic rings. The van der Waals surface area contributed by atoms with Crippen molar-refractivity contribution in [3.8, 4) is 11.5 Å². The predicted octanol–water partition coefficient (Wildman–Crippen LogP) is 2.36. The zero-order valence-electron chi connectivity index (χ0n) is 8.28.